The number of hydrogen-bond donors (Lipinski definition) is 2. The van der Waals surface area contributed by atoms with Gasteiger partial charge >= 0.3 is 0 Å². The summed E-state index contributed by atoms with van der Waals surface area (Å²) in [7, 11) is 0. The fraction of sp³-hybridized carbons (Fsp3) is 0.500. The molecule has 23 heavy (non-hydrogen) atoms. The summed E-state index contributed by atoms with van der Waals surface area (Å²) in [5, 5.41) is 4.04. The topological polar surface area (TPSA) is 57.4 Å². The van der Waals surface area contributed by atoms with Gasteiger partial charge in [0.25, 0.3) is 5.91 Å². The van der Waals surface area contributed by atoms with E-state index in [0.29, 0.717) is 12.6 Å². The molecule has 4 rings (SSSR count). The minimum atomic E-state index is -0.0212. The first-order valence-corrected chi connectivity index (χ1v) is 8.43. The van der Waals surface area contributed by atoms with Crippen LogP contribution < -0.4 is 5.32 Å². The van der Waals surface area contributed by atoms with Crippen molar-refractivity contribution in [1.29, 1.82) is 0 Å². The molecule has 2 aromatic rings. The van der Waals surface area contributed by atoms with Crippen LogP contribution in [0.15, 0.2) is 24.3 Å². The molecule has 2 N–H and O–H groups in total. The molecule has 2 atom stereocenters. The first kappa shape index (κ1) is 14.7. The number of fused-ring (bicyclic) bond motifs is 2. The summed E-state index contributed by atoms with van der Waals surface area (Å²) in [5.41, 5.74) is 2.66. The highest BCUT2D eigenvalue weighted by Crippen LogP contribution is 2.23. The highest BCUT2D eigenvalue weighted by Gasteiger charge is 2.32. The molecule has 0 aliphatic carbocycles. The lowest BCUT2D eigenvalue weighted by molar-refractivity contribution is -0.0461. The van der Waals surface area contributed by atoms with Gasteiger partial charge in [-0.2, -0.15) is 0 Å². The van der Waals surface area contributed by atoms with Crippen LogP contribution in [-0.2, 0) is 4.74 Å². The second-order valence-corrected chi connectivity index (χ2v) is 6.63. The maximum atomic E-state index is 12.6. The molecular weight excluding hydrogens is 290 g/mol. The molecule has 2 saturated heterocycles. The number of H-pyrrole nitrogens is 1. The van der Waals surface area contributed by atoms with E-state index in [-0.39, 0.29) is 12.0 Å². The smallest absolute Gasteiger partial charge is 0.253 e. The summed E-state index contributed by atoms with van der Waals surface area (Å²) in [5.74, 6) is -0.0212. The molecule has 2 aliphatic heterocycles. The Morgan fingerprint density at radius 1 is 1.43 bits per heavy atom. The van der Waals surface area contributed by atoms with Crippen LogP contribution in [0.2, 0.25) is 0 Å². The average molecular weight is 313 g/mol. The van der Waals surface area contributed by atoms with Crippen molar-refractivity contribution in [3.8, 4) is 0 Å². The number of rotatable bonds is 3. The second-order valence-electron chi connectivity index (χ2n) is 6.63. The molecule has 0 spiro atoms. The molecule has 122 valence electrons. The number of ether oxygens (including phenoxy) is 1. The van der Waals surface area contributed by atoms with Crippen LogP contribution in [0.25, 0.3) is 10.9 Å². The minimum Gasteiger partial charge on any atom is -0.373 e. The third-order valence-corrected chi connectivity index (χ3v) is 5.07. The molecule has 0 unspecified atom stereocenters. The van der Waals surface area contributed by atoms with Crippen LogP contribution in [0.5, 0.6) is 0 Å². The minimum absolute atomic E-state index is 0.0212. The van der Waals surface area contributed by atoms with E-state index in [0.717, 1.165) is 35.3 Å². The van der Waals surface area contributed by atoms with Gasteiger partial charge in [0.1, 0.15) is 0 Å². The SMILES string of the molecule is Cc1[nH]c2ccccc2c1C(=O)NC[C@@H]1CN2CCC[C@@H]2CO1. The Hall–Kier alpha value is -1.85. The van der Waals surface area contributed by atoms with E-state index in [1.165, 1.54) is 19.4 Å². The molecule has 5 heteroatoms. The molecule has 1 amide bonds. The predicted octanol–water partition coefficient (Wildman–Crippen LogP) is 2.07. The summed E-state index contributed by atoms with van der Waals surface area (Å²) in [6.45, 7) is 5.41. The predicted molar refractivity (Wildman–Crippen MR) is 89.7 cm³/mol. The van der Waals surface area contributed by atoms with Gasteiger partial charge in [0.05, 0.1) is 18.3 Å². The van der Waals surface area contributed by atoms with Crippen molar-refractivity contribution in [1.82, 2.24) is 15.2 Å². The van der Waals surface area contributed by atoms with Crippen LogP contribution in [0.3, 0.4) is 0 Å². The zero-order valence-electron chi connectivity index (χ0n) is 13.5. The van der Waals surface area contributed by atoms with Crippen LogP contribution in [0.4, 0.5) is 0 Å². The van der Waals surface area contributed by atoms with E-state index in [9.17, 15) is 4.79 Å². The van der Waals surface area contributed by atoms with E-state index < -0.39 is 0 Å². The van der Waals surface area contributed by atoms with Gasteiger partial charge in [-0.1, -0.05) is 18.2 Å². The molecule has 0 bridgehead atoms. The summed E-state index contributed by atoms with van der Waals surface area (Å²) < 4.78 is 5.91. The van der Waals surface area contributed by atoms with E-state index in [1.807, 2.05) is 31.2 Å². The largest absolute Gasteiger partial charge is 0.373 e. The van der Waals surface area contributed by atoms with Crippen molar-refractivity contribution >= 4 is 16.8 Å². The summed E-state index contributed by atoms with van der Waals surface area (Å²) in [4.78, 5) is 18.4. The third-order valence-electron chi connectivity index (χ3n) is 5.07. The number of aromatic nitrogens is 1. The van der Waals surface area contributed by atoms with Crippen molar-refractivity contribution in [2.24, 2.45) is 0 Å². The third kappa shape index (κ3) is 2.75. The summed E-state index contributed by atoms with van der Waals surface area (Å²) in [6, 6.07) is 8.51. The zero-order valence-corrected chi connectivity index (χ0v) is 13.5. The average Bonchev–Trinajstić information content (AvgIpc) is 3.15. The standard InChI is InChI=1S/C18H23N3O2/c1-12-17(15-6-2-3-7-16(15)20-12)18(22)19-9-14-10-21-8-4-5-13(21)11-23-14/h2-3,6-7,13-14,20H,4-5,8-11H2,1H3,(H,19,22)/t13-,14-/m1/s1. The number of benzene rings is 1. The van der Waals surface area contributed by atoms with Crippen LogP contribution in [-0.4, -0.2) is 54.2 Å². The lowest BCUT2D eigenvalue weighted by atomic mass is 10.1. The Kier molecular flexibility index (Phi) is 3.83. The van der Waals surface area contributed by atoms with Gasteiger partial charge in [-0.3, -0.25) is 9.69 Å². The van der Waals surface area contributed by atoms with Crippen LogP contribution in [0.1, 0.15) is 28.9 Å². The van der Waals surface area contributed by atoms with Gasteiger partial charge < -0.3 is 15.0 Å². The zero-order chi connectivity index (χ0) is 15.8. The number of hydrogen-bond acceptors (Lipinski definition) is 3. The Morgan fingerprint density at radius 3 is 3.22 bits per heavy atom. The van der Waals surface area contributed by atoms with E-state index in [1.54, 1.807) is 0 Å². The number of aromatic amines is 1. The fourth-order valence-corrected chi connectivity index (χ4v) is 3.87. The summed E-state index contributed by atoms with van der Waals surface area (Å²) in [6.07, 6.45) is 2.61. The number of nitrogens with zero attached hydrogens (tertiary/aromatic N) is 1. The van der Waals surface area contributed by atoms with Crippen LogP contribution >= 0.6 is 0 Å². The molecule has 1 aromatic carbocycles. The number of nitrogens with one attached hydrogen (secondary N) is 2. The van der Waals surface area contributed by atoms with Crippen molar-refractivity contribution in [3.63, 3.8) is 0 Å². The van der Waals surface area contributed by atoms with Crippen LogP contribution in [0, 0.1) is 6.92 Å². The van der Waals surface area contributed by atoms with E-state index in [4.69, 9.17) is 4.74 Å². The Balaban J connectivity index is 1.42. The lowest BCUT2D eigenvalue weighted by Crippen LogP contribution is -2.50. The van der Waals surface area contributed by atoms with E-state index >= 15 is 0 Å². The fourth-order valence-electron chi connectivity index (χ4n) is 3.87. The molecule has 2 aliphatic rings. The molecule has 1 aromatic heterocycles. The number of amides is 1. The maximum absolute atomic E-state index is 12.6. The Morgan fingerprint density at radius 2 is 2.30 bits per heavy atom. The summed E-state index contributed by atoms with van der Waals surface area (Å²) >= 11 is 0. The van der Waals surface area contributed by atoms with E-state index in [2.05, 4.69) is 15.2 Å². The van der Waals surface area contributed by atoms with Crippen molar-refractivity contribution in [2.75, 3.05) is 26.2 Å². The monoisotopic (exact) mass is 313 g/mol. The second kappa shape index (κ2) is 5.98. The van der Waals surface area contributed by atoms with Gasteiger partial charge in [0, 0.05) is 35.7 Å². The highest BCUT2D eigenvalue weighted by molar-refractivity contribution is 6.08. The molecule has 5 nitrogen and oxygen atoms in total. The number of para-hydroxylation sites is 1. The van der Waals surface area contributed by atoms with Crippen molar-refractivity contribution in [3.05, 3.63) is 35.5 Å². The van der Waals surface area contributed by atoms with Crippen molar-refractivity contribution < 1.29 is 9.53 Å². The highest BCUT2D eigenvalue weighted by atomic mass is 16.5. The van der Waals surface area contributed by atoms with Gasteiger partial charge in [-0.25, -0.2) is 0 Å². The first-order valence-electron chi connectivity index (χ1n) is 8.43. The van der Waals surface area contributed by atoms with Gasteiger partial charge in [0.2, 0.25) is 0 Å². The first-order chi connectivity index (χ1) is 11.2. The van der Waals surface area contributed by atoms with Gasteiger partial charge in [-0.05, 0) is 32.4 Å². The number of carbonyl (C=O) groups excluding carboxylic acids is 1. The maximum Gasteiger partial charge on any atom is 0.253 e. The Labute approximate surface area is 136 Å². The van der Waals surface area contributed by atoms with Crippen molar-refractivity contribution in [2.45, 2.75) is 31.9 Å². The quantitative estimate of drug-likeness (QED) is 0.912. The number of carbonyl (C=O) groups is 1. The normalized spacial score (nSPS) is 24.7. The Bertz CT molecular complexity index is 724. The van der Waals surface area contributed by atoms with Gasteiger partial charge in [-0.15, -0.1) is 0 Å². The molecule has 3 heterocycles. The number of aryl methyl sites for hydroxylation is 1. The molecular formula is C18H23N3O2. The molecule has 0 saturated carbocycles. The molecule has 0 radical (unpaired) electrons. The molecule has 2 fully saturated rings. The lowest BCUT2D eigenvalue weighted by Gasteiger charge is -2.35. The van der Waals surface area contributed by atoms with Gasteiger partial charge in [0.15, 0.2) is 0 Å². The number of morpholine rings is 1.